The van der Waals surface area contributed by atoms with Gasteiger partial charge in [0.05, 0.1) is 6.26 Å². The molecular formula is C6H9NO2. The van der Waals surface area contributed by atoms with E-state index in [1.807, 2.05) is 12.9 Å². The molecule has 1 aliphatic rings. The van der Waals surface area contributed by atoms with Crippen LogP contribution in [0.3, 0.4) is 0 Å². The number of nitrogens with two attached hydrogens (primary N) is 1. The molecule has 0 saturated carbocycles. The molecule has 3 nitrogen and oxygen atoms in total. The quantitative estimate of drug-likeness (QED) is 0.505. The average molecular weight is 127 g/mol. The minimum atomic E-state index is -0.231. The number of hydrogen-bond acceptors (Lipinski definition) is 3. The summed E-state index contributed by atoms with van der Waals surface area (Å²) in [5.41, 5.74) is 5.27. The fourth-order valence-electron chi connectivity index (χ4n) is 0.400. The molecule has 0 aliphatic carbocycles. The van der Waals surface area contributed by atoms with Crippen molar-refractivity contribution in [1.82, 2.24) is 0 Å². The van der Waals surface area contributed by atoms with Crippen molar-refractivity contribution >= 4 is 6.79 Å². The lowest BCUT2D eigenvalue weighted by Crippen LogP contribution is -2.19. The fourth-order valence-corrected chi connectivity index (χ4v) is 0.400. The van der Waals surface area contributed by atoms with Crippen molar-refractivity contribution in [3.8, 4) is 0 Å². The van der Waals surface area contributed by atoms with Crippen LogP contribution in [0.25, 0.3) is 0 Å². The summed E-state index contributed by atoms with van der Waals surface area (Å²) in [6.07, 6.45) is 6.77. The topological polar surface area (TPSA) is 52.3 Å². The SMILES string of the molecule is C=O.NC1C=CC=CO1. The summed E-state index contributed by atoms with van der Waals surface area (Å²) in [5.74, 6) is 0. The van der Waals surface area contributed by atoms with Crippen LogP contribution in [0.4, 0.5) is 0 Å². The van der Waals surface area contributed by atoms with E-state index in [2.05, 4.69) is 0 Å². The second-order valence-corrected chi connectivity index (χ2v) is 1.31. The summed E-state index contributed by atoms with van der Waals surface area (Å²) in [5, 5.41) is 0. The molecule has 0 spiro atoms. The standard InChI is InChI=1S/C5H7NO.CH2O/c6-5-3-1-2-4-7-5;1-2/h1-5H,6H2;1H2. The molecule has 0 fully saturated rings. The van der Waals surface area contributed by atoms with Gasteiger partial charge in [-0.1, -0.05) is 6.08 Å². The van der Waals surface area contributed by atoms with Crippen molar-refractivity contribution in [3.63, 3.8) is 0 Å². The molecule has 1 atom stereocenters. The van der Waals surface area contributed by atoms with Crippen LogP contribution in [0.15, 0.2) is 24.5 Å². The molecule has 1 aliphatic heterocycles. The molecule has 0 aromatic rings. The molecule has 0 radical (unpaired) electrons. The van der Waals surface area contributed by atoms with E-state index in [9.17, 15) is 0 Å². The summed E-state index contributed by atoms with van der Waals surface area (Å²) in [6, 6.07) is 0. The molecule has 0 aromatic heterocycles. The van der Waals surface area contributed by atoms with Gasteiger partial charge in [0.2, 0.25) is 0 Å². The summed E-state index contributed by atoms with van der Waals surface area (Å²) >= 11 is 0. The Morgan fingerprint density at radius 2 is 2.11 bits per heavy atom. The number of carbonyl (C=O) groups is 1. The molecule has 2 N–H and O–H groups in total. The second-order valence-electron chi connectivity index (χ2n) is 1.31. The molecule has 3 heteroatoms. The first-order valence-electron chi connectivity index (χ1n) is 2.43. The zero-order valence-corrected chi connectivity index (χ0v) is 4.99. The van der Waals surface area contributed by atoms with Gasteiger partial charge in [0.1, 0.15) is 6.79 Å². The molecule has 0 aromatic carbocycles. The maximum Gasteiger partial charge on any atom is 0.166 e. The van der Waals surface area contributed by atoms with E-state index in [0.717, 1.165) is 0 Å². The summed E-state index contributed by atoms with van der Waals surface area (Å²) < 4.78 is 4.79. The van der Waals surface area contributed by atoms with Crippen molar-refractivity contribution in [2.24, 2.45) is 5.73 Å². The van der Waals surface area contributed by atoms with Crippen molar-refractivity contribution in [1.29, 1.82) is 0 Å². The molecular weight excluding hydrogens is 118 g/mol. The lowest BCUT2D eigenvalue weighted by atomic mass is 10.4. The highest BCUT2D eigenvalue weighted by Gasteiger charge is 1.92. The van der Waals surface area contributed by atoms with E-state index in [1.54, 1.807) is 18.4 Å². The van der Waals surface area contributed by atoms with E-state index < -0.39 is 0 Å². The van der Waals surface area contributed by atoms with Crippen LogP contribution in [0.1, 0.15) is 0 Å². The molecule has 1 rings (SSSR count). The van der Waals surface area contributed by atoms with E-state index in [0.29, 0.717) is 0 Å². The van der Waals surface area contributed by atoms with Crippen LogP contribution in [-0.4, -0.2) is 13.0 Å². The molecule has 9 heavy (non-hydrogen) atoms. The highest BCUT2D eigenvalue weighted by Crippen LogP contribution is 1.93. The molecule has 0 bridgehead atoms. The third-order valence-corrected chi connectivity index (χ3v) is 0.726. The first-order valence-corrected chi connectivity index (χ1v) is 2.43. The Labute approximate surface area is 53.8 Å². The molecule has 0 amide bonds. The molecule has 0 saturated heterocycles. The number of ether oxygens (including phenoxy) is 1. The van der Waals surface area contributed by atoms with Gasteiger partial charge in [-0.25, -0.2) is 0 Å². The highest BCUT2D eigenvalue weighted by atomic mass is 16.5. The van der Waals surface area contributed by atoms with E-state index >= 15 is 0 Å². The van der Waals surface area contributed by atoms with E-state index in [4.69, 9.17) is 15.3 Å². The molecule has 1 unspecified atom stereocenters. The zero-order valence-electron chi connectivity index (χ0n) is 4.99. The van der Waals surface area contributed by atoms with Crippen molar-refractivity contribution in [3.05, 3.63) is 24.5 Å². The van der Waals surface area contributed by atoms with E-state index in [1.165, 1.54) is 0 Å². The lowest BCUT2D eigenvalue weighted by molar-refractivity contribution is -0.0979. The van der Waals surface area contributed by atoms with Gasteiger partial charge in [-0.05, 0) is 12.2 Å². The number of hydrogen-bond donors (Lipinski definition) is 1. The summed E-state index contributed by atoms with van der Waals surface area (Å²) in [7, 11) is 0. The summed E-state index contributed by atoms with van der Waals surface area (Å²) in [4.78, 5) is 8.00. The minimum absolute atomic E-state index is 0.231. The normalized spacial score (nSPS) is 21.7. The monoisotopic (exact) mass is 127 g/mol. The van der Waals surface area contributed by atoms with Crippen LogP contribution < -0.4 is 5.73 Å². The van der Waals surface area contributed by atoms with Gasteiger partial charge in [-0.3, -0.25) is 5.73 Å². The largest absolute Gasteiger partial charge is 0.480 e. The van der Waals surface area contributed by atoms with Crippen LogP contribution in [0, 0.1) is 0 Å². The van der Waals surface area contributed by atoms with Gasteiger partial charge in [0.15, 0.2) is 6.23 Å². The first kappa shape index (κ1) is 7.91. The van der Waals surface area contributed by atoms with Gasteiger partial charge >= 0.3 is 0 Å². The third kappa shape index (κ3) is 3.49. The lowest BCUT2D eigenvalue weighted by Gasteiger charge is -2.06. The average Bonchev–Trinajstić information content (AvgIpc) is 1.94. The maximum atomic E-state index is 8.00. The Bertz CT molecular complexity index is 120. The Morgan fingerprint density at radius 3 is 2.33 bits per heavy atom. The first-order chi connectivity index (χ1) is 4.39. The van der Waals surface area contributed by atoms with Gasteiger partial charge in [0, 0.05) is 0 Å². The predicted molar refractivity (Wildman–Crippen MR) is 34.5 cm³/mol. The van der Waals surface area contributed by atoms with Gasteiger partial charge in [-0.2, -0.15) is 0 Å². The number of rotatable bonds is 0. The third-order valence-electron chi connectivity index (χ3n) is 0.726. The highest BCUT2D eigenvalue weighted by molar-refractivity contribution is 5.11. The zero-order chi connectivity index (χ0) is 7.11. The van der Waals surface area contributed by atoms with Crippen LogP contribution in [0.2, 0.25) is 0 Å². The Balaban J connectivity index is 0.000000291. The predicted octanol–water partition coefficient (Wildman–Crippen LogP) is 0.186. The number of carbonyl (C=O) groups excluding carboxylic acids is 1. The Morgan fingerprint density at radius 1 is 1.44 bits per heavy atom. The van der Waals surface area contributed by atoms with E-state index in [-0.39, 0.29) is 6.23 Å². The Hall–Kier alpha value is -1.09. The van der Waals surface area contributed by atoms with Crippen molar-refractivity contribution < 1.29 is 9.53 Å². The van der Waals surface area contributed by atoms with Gasteiger partial charge < -0.3 is 9.53 Å². The fraction of sp³-hybridized carbons (Fsp3) is 0.167. The smallest absolute Gasteiger partial charge is 0.166 e. The van der Waals surface area contributed by atoms with Crippen molar-refractivity contribution in [2.45, 2.75) is 6.23 Å². The Kier molecular flexibility index (Phi) is 4.44. The summed E-state index contributed by atoms with van der Waals surface area (Å²) in [6.45, 7) is 2.00. The molecule has 1 heterocycles. The van der Waals surface area contributed by atoms with Crippen LogP contribution in [-0.2, 0) is 9.53 Å². The minimum Gasteiger partial charge on any atom is -0.480 e. The van der Waals surface area contributed by atoms with Gasteiger partial charge in [-0.15, -0.1) is 0 Å². The van der Waals surface area contributed by atoms with Gasteiger partial charge in [0.25, 0.3) is 0 Å². The molecule has 50 valence electrons. The maximum absolute atomic E-state index is 8.00. The van der Waals surface area contributed by atoms with Crippen molar-refractivity contribution in [2.75, 3.05) is 0 Å². The van der Waals surface area contributed by atoms with Crippen LogP contribution >= 0.6 is 0 Å². The number of allylic oxidation sites excluding steroid dienone is 2. The van der Waals surface area contributed by atoms with Crippen LogP contribution in [0.5, 0.6) is 0 Å². The second kappa shape index (κ2) is 5.05.